The Morgan fingerprint density at radius 3 is 2.50 bits per heavy atom. The Morgan fingerprint density at radius 2 is 2.00 bits per heavy atom. The van der Waals surface area contributed by atoms with E-state index in [9.17, 15) is 0 Å². The summed E-state index contributed by atoms with van der Waals surface area (Å²) in [6.45, 7) is 10.4. The minimum absolute atomic E-state index is 0.981. The van der Waals surface area contributed by atoms with Gasteiger partial charge in [0, 0.05) is 6.42 Å². The number of hydrogen-bond acceptors (Lipinski definition) is 0. The van der Waals surface area contributed by atoms with Crippen molar-refractivity contribution in [2.45, 2.75) is 32.5 Å². The van der Waals surface area contributed by atoms with E-state index in [1.54, 1.807) is 6.08 Å². The van der Waals surface area contributed by atoms with Gasteiger partial charge in [-0.25, -0.2) is 0 Å². The molecule has 1 heteroatoms. The molecule has 0 aromatic heterocycles. The first kappa shape index (κ1) is 11.3. The Hall–Kier alpha value is -0.743. The molecule has 0 N–H and O–H groups in total. The molecule has 0 heterocycles. The predicted molar refractivity (Wildman–Crippen MR) is 59.7 cm³/mol. The summed E-state index contributed by atoms with van der Waals surface area (Å²) in [4.78, 5) is 0. The van der Waals surface area contributed by atoms with Gasteiger partial charge in [-0.05, 0) is 6.42 Å². The average Bonchev–Trinajstić information content (AvgIpc) is 1.94. The van der Waals surface area contributed by atoms with E-state index in [0.717, 1.165) is 12.8 Å². The molecule has 0 aromatic rings. The van der Waals surface area contributed by atoms with E-state index in [0.29, 0.717) is 0 Å². The Balaban J connectivity index is 3.60. The van der Waals surface area contributed by atoms with Gasteiger partial charge in [-0.2, -0.15) is 0 Å². The van der Waals surface area contributed by atoms with Gasteiger partial charge in [0.15, 0.2) is 0 Å². The molecular formula is C11H18Si. The van der Waals surface area contributed by atoms with E-state index in [4.69, 9.17) is 0 Å². The van der Waals surface area contributed by atoms with Crippen LogP contribution in [0.25, 0.3) is 0 Å². The van der Waals surface area contributed by atoms with E-state index in [1.165, 1.54) is 0 Å². The molecule has 0 unspecified atom stereocenters. The van der Waals surface area contributed by atoms with Crippen LogP contribution in [0.2, 0.25) is 19.6 Å². The zero-order valence-corrected chi connectivity index (χ0v) is 9.35. The van der Waals surface area contributed by atoms with E-state index < -0.39 is 8.07 Å². The van der Waals surface area contributed by atoms with Gasteiger partial charge in [-0.1, -0.05) is 44.4 Å². The third-order valence-electron chi connectivity index (χ3n) is 1.17. The molecule has 0 fully saturated rings. The van der Waals surface area contributed by atoms with Crippen molar-refractivity contribution < 1.29 is 0 Å². The van der Waals surface area contributed by atoms with Crippen LogP contribution in [0.3, 0.4) is 0 Å². The number of hydrogen-bond donors (Lipinski definition) is 0. The maximum absolute atomic E-state index is 3.60. The second-order valence-corrected chi connectivity index (χ2v) is 8.50. The topological polar surface area (TPSA) is 0 Å². The highest BCUT2D eigenvalue weighted by molar-refractivity contribution is 6.83. The van der Waals surface area contributed by atoms with Crippen LogP contribution in [0.4, 0.5) is 0 Å². The molecule has 0 radical (unpaired) electrons. The van der Waals surface area contributed by atoms with Crippen molar-refractivity contribution in [1.82, 2.24) is 0 Å². The van der Waals surface area contributed by atoms with Crippen molar-refractivity contribution in [2.75, 3.05) is 0 Å². The summed E-state index contributed by atoms with van der Waals surface area (Å²) in [5, 5.41) is 0. The van der Waals surface area contributed by atoms with Crippen LogP contribution in [0, 0.1) is 11.5 Å². The molecule has 0 aromatic carbocycles. The van der Waals surface area contributed by atoms with Crippen LogP contribution >= 0.6 is 0 Å². The van der Waals surface area contributed by atoms with Crippen molar-refractivity contribution >= 4 is 8.07 Å². The van der Waals surface area contributed by atoms with Crippen LogP contribution in [0.15, 0.2) is 24.8 Å². The van der Waals surface area contributed by atoms with E-state index in [1.807, 2.05) is 6.08 Å². The van der Waals surface area contributed by atoms with Gasteiger partial charge < -0.3 is 0 Å². The maximum atomic E-state index is 3.60. The molecule has 12 heavy (non-hydrogen) atoms. The molecule has 0 rings (SSSR count). The van der Waals surface area contributed by atoms with Gasteiger partial charge in [-0.3, -0.25) is 0 Å². The van der Waals surface area contributed by atoms with Crippen molar-refractivity contribution in [3.8, 4) is 11.5 Å². The van der Waals surface area contributed by atoms with Crippen LogP contribution in [0.1, 0.15) is 12.8 Å². The summed E-state index contributed by atoms with van der Waals surface area (Å²) < 4.78 is 0. The van der Waals surface area contributed by atoms with E-state index in [-0.39, 0.29) is 0 Å². The second-order valence-electron chi connectivity index (χ2n) is 3.75. The monoisotopic (exact) mass is 178 g/mol. The lowest BCUT2D eigenvalue weighted by Gasteiger charge is -2.02. The summed E-state index contributed by atoms with van der Waals surface area (Å²) in [6, 6.07) is 0. The molecule has 0 saturated carbocycles. The lowest BCUT2D eigenvalue weighted by atomic mass is 10.3. The molecular weight excluding hydrogens is 160 g/mol. The fourth-order valence-electron chi connectivity index (χ4n) is 0.676. The zero-order chi connectivity index (χ0) is 9.45. The Bertz CT molecular complexity index is 207. The van der Waals surface area contributed by atoms with Crippen molar-refractivity contribution in [2.24, 2.45) is 0 Å². The molecule has 0 saturated heterocycles. The minimum atomic E-state index is -1.13. The molecule has 0 amide bonds. The Morgan fingerprint density at radius 1 is 1.33 bits per heavy atom. The number of unbranched alkanes of at least 4 members (excludes halogenated alkanes) is 1. The Labute approximate surface area is 77.4 Å². The smallest absolute Gasteiger partial charge is 0.129 e. The van der Waals surface area contributed by atoms with Gasteiger partial charge in [-0.15, -0.1) is 11.5 Å². The molecule has 66 valence electrons. The summed E-state index contributed by atoms with van der Waals surface area (Å²) >= 11 is 0. The van der Waals surface area contributed by atoms with Gasteiger partial charge in [0.05, 0.1) is 0 Å². The van der Waals surface area contributed by atoms with Crippen LogP contribution in [0.5, 0.6) is 0 Å². The highest BCUT2D eigenvalue weighted by atomic mass is 28.3. The van der Waals surface area contributed by atoms with Crippen molar-refractivity contribution in [3.05, 3.63) is 24.8 Å². The maximum Gasteiger partial charge on any atom is 0.129 e. The molecule has 0 nitrogen and oxygen atoms in total. The van der Waals surface area contributed by atoms with Gasteiger partial charge in [0.1, 0.15) is 8.07 Å². The molecule has 0 spiro atoms. The average molecular weight is 178 g/mol. The van der Waals surface area contributed by atoms with Gasteiger partial charge >= 0.3 is 0 Å². The van der Waals surface area contributed by atoms with Crippen LogP contribution in [-0.4, -0.2) is 8.07 Å². The second kappa shape index (κ2) is 5.85. The first-order valence-corrected chi connectivity index (χ1v) is 7.84. The molecule has 0 aliphatic heterocycles. The largest absolute Gasteiger partial charge is 0.132 e. The summed E-state index contributed by atoms with van der Waals surface area (Å²) in [5.74, 6) is 3.21. The highest BCUT2D eigenvalue weighted by Crippen LogP contribution is 1.97. The Kier molecular flexibility index (Phi) is 5.49. The van der Waals surface area contributed by atoms with Crippen LogP contribution in [-0.2, 0) is 0 Å². The predicted octanol–water partition coefficient (Wildman–Crippen LogP) is 3.39. The molecule has 0 aliphatic carbocycles. The summed E-state index contributed by atoms with van der Waals surface area (Å²) in [6.07, 6.45) is 7.89. The normalized spacial score (nSPS) is 10.9. The van der Waals surface area contributed by atoms with E-state index in [2.05, 4.69) is 43.8 Å². The molecule has 0 bridgehead atoms. The lowest BCUT2D eigenvalue weighted by Crippen LogP contribution is -2.16. The third-order valence-corrected chi connectivity index (χ3v) is 2.10. The summed E-state index contributed by atoms with van der Waals surface area (Å²) in [5.41, 5.74) is 3.33. The fraction of sp³-hybridized carbons (Fsp3) is 0.455. The summed E-state index contributed by atoms with van der Waals surface area (Å²) in [7, 11) is -1.13. The quantitative estimate of drug-likeness (QED) is 0.269. The molecule has 0 atom stereocenters. The van der Waals surface area contributed by atoms with Crippen molar-refractivity contribution in [1.29, 1.82) is 0 Å². The van der Waals surface area contributed by atoms with Crippen LogP contribution < -0.4 is 0 Å². The minimum Gasteiger partial charge on any atom is -0.132 e. The lowest BCUT2D eigenvalue weighted by molar-refractivity contribution is 1.09. The first-order valence-electron chi connectivity index (χ1n) is 4.34. The number of allylic oxidation sites excluding steroid dienone is 3. The van der Waals surface area contributed by atoms with Gasteiger partial charge in [0.25, 0.3) is 0 Å². The SMILES string of the molecule is C=C/C=C/CCC#C[Si](C)(C)C. The zero-order valence-electron chi connectivity index (χ0n) is 8.35. The van der Waals surface area contributed by atoms with E-state index >= 15 is 0 Å². The fourth-order valence-corrected chi connectivity index (χ4v) is 1.33. The highest BCUT2D eigenvalue weighted by Gasteiger charge is 2.06. The standard InChI is InChI=1S/C11H18Si/c1-5-6-7-8-9-10-11-12(2,3)4/h5-7H,1,8-9H2,2-4H3/b7-6+. The third kappa shape index (κ3) is 9.26. The number of rotatable bonds is 3. The van der Waals surface area contributed by atoms with Gasteiger partial charge in [0.2, 0.25) is 0 Å². The first-order chi connectivity index (χ1) is 5.56. The van der Waals surface area contributed by atoms with Crippen molar-refractivity contribution in [3.63, 3.8) is 0 Å². The molecule has 0 aliphatic rings.